The Morgan fingerprint density at radius 2 is 2.05 bits per heavy atom. The Balaban J connectivity index is 1.66. The number of hydrogen-bond acceptors (Lipinski definition) is 3. The van der Waals surface area contributed by atoms with E-state index in [1.54, 1.807) is 5.57 Å². The molecule has 0 bridgehead atoms. The molecule has 0 atom stereocenters. The Hall–Kier alpha value is -1.48. The van der Waals surface area contributed by atoms with Crippen molar-refractivity contribution in [2.24, 2.45) is 0 Å². The third-order valence-electron chi connectivity index (χ3n) is 4.13. The highest BCUT2D eigenvalue weighted by Gasteiger charge is 2.04. The van der Waals surface area contributed by atoms with Crippen molar-refractivity contribution in [3.8, 4) is 5.75 Å². The van der Waals surface area contributed by atoms with Crippen LogP contribution in [0.5, 0.6) is 5.75 Å². The lowest BCUT2D eigenvalue weighted by atomic mass is 9.97. The number of allylic oxidation sites excluding steroid dienone is 1. The number of rotatable bonds is 9. The standard InChI is InChI=1S/C19H30N2O/c1-2-14-22-19-9-8-17(15-18(19)20)11-13-21-12-10-16-6-4-3-5-7-16/h6,8-9,15,21H,2-5,7,10-14,20H2,1H3. The van der Waals surface area contributed by atoms with Crippen molar-refractivity contribution in [3.63, 3.8) is 0 Å². The minimum absolute atomic E-state index is 0.723. The molecule has 122 valence electrons. The molecule has 1 aromatic rings. The number of nitrogens with one attached hydrogen (secondary N) is 1. The lowest BCUT2D eigenvalue weighted by molar-refractivity contribution is 0.319. The third-order valence-corrected chi connectivity index (χ3v) is 4.13. The van der Waals surface area contributed by atoms with Gasteiger partial charge in [0.2, 0.25) is 0 Å². The minimum atomic E-state index is 0.723. The second-order valence-corrected chi connectivity index (χ2v) is 6.08. The molecule has 3 N–H and O–H groups in total. The Morgan fingerprint density at radius 3 is 2.77 bits per heavy atom. The van der Waals surface area contributed by atoms with Crippen molar-refractivity contribution in [2.75, 3.05) is 25.4 Å². The molecule has 3 nitrogen and oxygen atoms in total. The van der Waals surface area contributed by atoms with Crippen LogP contribution in [-0.4, -0.2) is 19.7 Å². The summed E-state index contributed by atoms with van der Waals surface area (Å²) in [6.07, 6.45) is 11.0. The molecule has 1 aliphatic carbocycles. The molecular weight excluding hydrogens is 272 g/mol. The average Bonchev–Trinajstić information content (AvgIpc) is 2.55. The van der Waals surface area contributed by atoms with Gasteiger partial charge in [0.1, 0.15) is 5.75 Å². The smallest absolute Gasteiger partial charge is 0.142 e. The van der Waals surface area contributed by atoms with Gasteiger partial charge in [-0.25, -0.2) is 0 Å². The normalized spacial score (nSPS) is 14.7. The molecule has 1 aromatic carbocycles. The van der Waals surface area contributed by atoms with Gasteiger partial charge in [-0.05, 0) is 75.7 Å². The van der Waals surface area contributed by atoms with Gasteiger partial charge < -0.3 is 15.8 Å². The third kappa shape index (κ3) is 5.72. The largest absolute Gasteiger partial charge is 0.491 e. The number of hydrogen-bond donors (Lipinski definition) is 2. The average molecular weight is 302 g/mol. The van der Waals surface area contributed by atoms with E-state index in [1.165, 1.54) is 37.7 Å². The van der Waals surface area contributed by atoms with Gasteiger partial charge in [-0.15, -0.1) is 0 Å². The number of anilines is 1. The molecule has 0 amide bonds. The van der Waals surface area contributed by atoms with Gasteiger partial charge >= 0.3 is 0 Å². The van der Waals surface area contributed by atoms with E-state index in [1.807, 2.05) is 12.1 Å². The van der Waals surface area contributed by atoms with Gasteiger partial charge in [-0.1, -0.05) is 24.6 Å². The number of ether oxygens (including phenoxy) is 1. The molecular formula is C19H30N2O. The second kappa shape index (κ2) is 9.52. The second-order valence-electron chi connectivity index (χ2n) is 6.08. The van der Waals surface area contributed by atoms with Gasteiger partial charge in [0.15, 0.2) is 0 Å². The van der Waals surface area contributed by atoms with E-state index in [9.17, 15) is 0 Å². The van der Waals surface area contributed by atoms with Crippen LogP contribution in [0.15, 0.2) is 29.8 Å². The molecule has 0 heterocycles. The Kier molecular flexibility index (Phi) is 7.31. The molecule has 0 saturated heterocycles. The summed E-state index contributed by atoms with van der Waals surface area (Å²) in [5, 5.41) is 3.54. The maximum Gasteiger partial charge on any atom is 0.142 e. The molecule has 0 saturated carbocycles. The zero-order chi connectivity index (χ0) is 15.6. The molecule has 3 heteroatoms. The van der Waals surface area contributed by atoms with Crippen molar-refractivity contribution in [2.45, 2.75) is 51.9 Å². The number of nitrogens with two attached hydrogens (primary N) is 1. The first kappa shape index (κ1) is 16.9. The van der Waals surface area contributed by atoms with Gasteiger partial charge in [0.25, 0.3) is 0 Å². The van der Waals surface area contributed by atoms with E-state index in [2.05, 4.69) is 24.4 Å². The van der Waals surface area contributed by atoms with Crippen LogP contribution in [0.3, 0.4) is 0 Å². The summed E-state index contributed by atoms with van der Waals surface area (Å²) >= 11 is 0. The lowest BCUT2D eigenvalue weighted by Gasteiger charge is -2.13. The molecule has 22 heavy (non-hydrogen) atoms. The van der Waals surface area contributed by atoms with E-state index in [0.29, 0.717) is 0 Å². The Morgan fingerprint density at radius 1 is 1.18 bits per heavy atom. The Labute approximate surface area is 134 Å². The van der Waals surface area contributed by atoms with Gasteiger partial charge in [-0.3, -0.25) is 0 Å². The fraction of sp³-hybridized carbons (Fsp3) is 0.579. The number of benzene rings is 1. The first-order valence-electron chi connectivity index (χ1n) is 8.69. The van der Waals surface area contributed by atoms with Crippen molar-refractivity contribution >= 4 is 5.69 Å². The van der Waals surface area contributed by atoms with Gasteiger partial charge in [-0.2, -0.15) is 0 Å². The fourth-order valence-corrected chi connectivity index (χ4v) is 2.84. The van der Waals surface area contributed by atoms with Crippen LogP contribution in [-0.2, 0) is 6.42 Å². The summed E-state index contributed by atoms with van der Waals surface area (Å²) in [5.74, 6) is 0.808. The predicted octanol–water partition coefficient (Wildman–Crippen LogP) is 4.08. The van der Waals surface area contributed by atoms with Crippen LogP contribution in [0.1, 0.15) is 51.0 Å². The van der Waals surface area contributed by atoms with Crippen LogP contribution < -0.4 is 15.8 Å². The van der Waals surface area contributed by atoms with Crippen molar-refractivity contribution < 1.29 is 4.74 Å². The highest BCUT2D eigenvalue weighted by atomic mass is 16.5. The van der Waals surface area contributed by atoms with Gasteiger partial charge in [0.05, 0.1) is 12.3 Å². The van der Waals surface area contributed by atoms with Gasteiger partial charge in [0, 0.05) is 0 Å². The molecule has 0 radical (unpaired) electrons. The molecule has 0 fully saturated rings. The molecule has 0 unspecified atom stereocenters. The molecule has 1 aliphatic rings. The van der Waals surface area contributed by atoms with Crippen LogP contribution in [0, 0.1) is 0 Å². The SMILES string of the molecule is CCCOc1ccc(CCNCCC2=CCCCC2)cc1N. The first-order valence-corrected chi connectivity index (χ1v) is 8.69. The summed E-state index contributed by atoms with van der Waals surface area (Å²) in [4.78, 5) is 0. The van der Waals surface area contributed by atoms with E-state index in [-0.39, 0.29) is 0 Å². The minimum Gasteiger partial charge on any atom is -0.491 e. The van der Waals surface area contributed by atoms with Crippen molar-refractivity contribution in [1.29, 1.82) is 0 Å². The topological polar surface area (TPSA) is 47.3 Å². The van der Waals surface area contributed by atoms with E-state index < -0.39 is 0 Å². The predicted molar refractivity (Wildman–Crippen MR) is 94.4 cm³/mol. The lowest BCUT2D eigenvalue weighted by Crippen LogP contribution is -2.19. The maximum atomic E-state index is 6.04. The van der Waals surface area contributed by atoms with Crippen molar-refractivity contribution in [3.05, 3.63) is 35.4 Å². The molecule has 0 spiro atoms. The van der Waals surface area contributed by atoms with Crippen LogP contribution in [0.25, 0.3) is 0 Å². The van der Waals surface area contributed by atoms with E-state index in [0.717, 1.165) is 44.0 Å². The van der Waals surface area contributed by atoms with Crippen LogP contribution in [0.4, 0.5) is 5.69 Å². The Bertz CT molecular complexity index is 482. The summed E-state index contributed by atoms with van der Waals surface area (Å²) in [7, 11) is 0. The summed E-state index contributed by atoms with van der Waals surface area (Å²) < 4.78 is 5.60. The molecule has 0 aliphatic heterocycles. The van der Waals surface area contributed by atoms with Crippen LogP contribution >= 0.6 is 0 Å². The monoisotopic (exact) mass is 302 g/mol. The zero-order valence-electron chi connectivity index (χ0n) is 13.9. The van der Waals surface area contributed by atoms with E-state index in [4.69, 9.17) is 10.5 Å². The van der Waals surface area contributed by atoms with E-state index >= 15 is 0 Å². The molecule has 0 aromatic heterocycles. The highest BCUT2D eigenvalue weighted by molar-refractivity contribution is 5.54. The van der Waals surface area contributed by atoms with Crippen LogP contribution in [0.2, 0.25) is 0 Å². The summed E-state index contributed by atoms with van der Waals surface area (Å²) in [5.41, 5.74) is 9.69. The fourth-order valence-electron chi connectivity index (χ4n) is 2.84. The summed E-state index contributed by atoms with van der Waals surface area (Å²) in [6, 6.07) is 6.15. The zero-order valence-corrected chi connectivity index (χ0v) is 13.9. The molecule has 2 rings (SSSR count). The quantitative estimate of drug-likeness (QED) is 0.410. The highest BCUT2D eigenvalue weighted by Crippen LogP contribution is 2.23. The van der Waals surface area contributed by atoms with Crippen molar-refractivity contribution in [1.82, 2.24) is 5.32 Å². The maximum absolute atomic E-state index is 6.04. The number of nitrogen functional groups attached to an aromatic ring is 1. The summed E-state index contributed by atoms with van der Waals surface area (Å²) in [6.45, 7) is 4.90. The first-order chi connectivity index (χ1) is 10.8.